The number of nitrogens with zero attached hydrogens (tertiary/aromatic N) is 3. The molecule has 2 heterocycles. The molecule has 0 unspecified atom stereocenters. The van der Waals surface area contributed by atoms with Gasteiger partial charge < -0.3 is 10.6 Å². The molecule has 1 aliphatic rings. The van der Waals surface area contributed by atoms with E-state index in [0.29, 0.717) is 21.7 Å². The number of carbonyl (C=O) groups is 1. The Bertz CT molecular complexity index is 1170. The van der Waals surface area contributed by atoms with Gasteiger partial charge in [0.1, 0.15) is 6.04 Å². The Morgan fingerprint density at radius 1 is 1.20 bits per heavy atom. The van der Waals surface area contributed by atoms with Crippen LogP contribution in [0.5, 0.6) is 0 Å². The third kappa shape index (κ3) is 3.82. The maximum Gasteiger partial charge on any atom is 0.255 e. The average Bonchev–Trinajstić information content (AvgIpc) is 3.11. The van der Waals surface area contributed by atoms with E-state index in [4.69, 9.17) is 11.6 Å². The SMILES string of the molecule is CSc1nc2n(n1)[C@H](c1cccc(Cl)c1)C(C(=O)Nc1ccc(C)cc1C)=C(C)N2. The van der Waals surface area contributed by atoms with E-state index in [9.17, 15) is 4.79 Å². The van der Waals surface area contributed by atoms with Crippen molar-refractivity contribution in [2.75, 3.05) is 16.9 Å². The molecule has 0 saturated carbocycles. The molecule has 154 valence electrons. The topological polar surface area (TPSA) is 71.8 Å². The van der Waals surface area contributed by atoms with Gasteiger partial charge in [0.25, 0.3) is 5.91 Å². The smallest absolute Gasteiger partial charge is 0.255 e. The zero-order valence-corrected chi connectivity index (χ0v) is 18.7. The number of anilines is 2. The Hall–Kier alpha value is -2.77. The summed E-state index contributed by atoms with van der Waals surface area (Å²) in [6.07, 6.45) is 1.92. The van der Waals surface area contributed by atoms with Gasteiger partial charge in [-0.15, -0.1) is 5.10 Å². The third-order valence-corrected chi connectivity index (χ3v) is 5.83. The molecule has 1 aliphatic heterocycles. The van der Waals surface area contributed by atoms with Crippen LogP contribution in [0.2, 0.25) is 5.02 Å². The van der Waals surface area contributed by atoms with Crippen LogP contribution >= 0.6 is 23.4 Å². The number of thioether (sulfide) groups is 1. The minimum Gasteiger partial charge on any atom is -0.328 e. The van der Waals surface area contributed by atoms with Crippen LogP contribution in [0.25, 0.3) is 0 Å². The van der Waals surface area contributed by atoms with E-state index in [1.807, 2.05) is 69.5 Å². The number of aryl methyl sites for hydroxylation is 2. The first-order valence-electron chi connectivity index (χ1n) is 9.49. The van der Waals surface area contributed by atoms with Gasteiger partial charge in [-0.25, -0.2) is 4.68 Å². The molecule has 0 radical (unpaired) electrons. The third-order valence-electron chi connectivity index (χ3n) is 5.05. The van der Waals surface area contributed by atoms with Crippen molar-refractivity contribution >= 4 is 40.9 Å². The molecular formula is C22H22ClN5OS. The van der Waals surface area contributed by atoms with Crippen LogP contribution in [-0.2, 0) is 4.79 Å². The van der Waals surface area contributed by atoms with E-state index in [2.05, 4.69) is 20.7 Å². The molecule has 0 fully saturated rings. The van der Waals surface area contributed by atoms with Crippen LogP contribution < -0.4 is 10.6 Å². The molecule has 6 nitrogen and oxygen atoms in total. The van der Waals surface area contributed by atoms with Crippen molar-refractivity contribution in [2.45, 2.75) is 32.0 Å². The van der Waals surface area contributed by atoms with Crippen LogP contribution in [0.1, 0.15) is 29.7 Å². The van der Waals surface area contributed by atoms with Gasteiger partial charge in [0.05, 0.1) is 5.57 Å². The highest BCUT2D eigenvalue weighted by Gasteiger charge is 2.34. The Morgan fingerprint density at radius 2 is 2.00 bits per heavy atom. The molecule has 0 spiro atoms. The number of aromatic nitrogens is 3. The predicted octanol–water partition coefficient (Wildman–Crippen LogP) is 5.20. The molecule has 1 aromatic heterocycles. The Labute approximate surface area is 184 Å². The molecule has 30 heavy (non-hydrogen) atoms. The summed E-state index contributed by atoms with van der Waals surface area (Å²) in [4.78, 5) is 18.0. The molecule has 0 saturated heterocycles. The first-order chi connectivity index (χ1) is 14.4. The molecule has 3 aromatic rings. The summed E-state index contributed by atoms with van der Waals surface area (Å²) in [6.45, 7) is 5.89. The summed E-state index contributed by atoms with van der Waals surface area (Å²) in [5.74, 6) is 0.411. The van der Waals surface area contributed by atoms with E-state index in [-0.39, 0.29) is 5.91 Å². The van der Waals surface area contributed by atoms with E-state index >= 15 is 0 Å². The van der Waals surface area contributed by atoms with Crippen LogP contribution in [0.15, 0.2) is 58.9 Å². The monoisotopic (exact) mass is 439 g/mol. The largest absolute Gasteiger partial charge is 0.328 e. The van der Waals surface area contributed by atoms with Gasteiger partial charge in [-0.2, -0.15) is 4.98 Å². The fourth-order valence-electron chi connectivity index (χ4n) is 3.64. The minimum absolute atomic E-state index is 0.191. The number of benzene rings is 2. The van der Waals surface area contributed by atoms with Gasteiger partial charge in [-0.3, -0.25) is 4.79 Å². The van der Waals surface area contributed by atoms with Gasteiger partial charge in [0.2, 0.25) is 11.1 Å². The summed E-state index contributed by atoms with van der Waals surface area (Å²) in [5.41, 5.74) is 5.11. The summed E-state index contributed by atoms with van der Waals surface area (Å²) in [6, 6.07) is 13.0. The highest BCUT2D eigenvalue weighted by molar-refractivity contribution is 7.98. The van der Waals surface area contributed by atoms with Crippen molar-refractivity contribution in [1.29, 1.82) is 0 Å². The number of allylic oxidation sites excluding steroid dienone is 1. The van der Waals surface area contributed by atoms with Crippen LogP contribution in [-0.4, -0.2) is 26.9 Å². The van der Waals surface area contributed by atoms with Crippen molar-refractivity contribution in [3.05, 3.63) is 75.4 Å². The van der Waals surface area contributed by atoms with Gasteiger partial charge >= 0.3 is 0 Å². The van der Waals surface area contributed by atoms with Crippen molar-refractivity contribution in [3.8, 4) is 0 Å². The number of fused-ring (bicyclic) bond motifs is 1. The lowest BCUT2D eigenvalue weighted by Crippen LogP contribution is -2.31. The molecule has 0 bridgehead atoms. The van der Waals surface area contributed by atoms with Gasteiger partial charge in [0.15, 0.2) is 0 Å². The molecule has 2 aromatic carbocycles. The first-order valence-corrected chi connectivity index (χ1v) is 11.1. The maximum atomic E-state index is 13.5. The van der Waals surface area contributed by atoms with E-state index in [1.165, 1.54) is 11.8 Å². The molecule has 4 rings (SSSR count). The van der Waals surface area contributed by atoms with E-state index < -0.39 is 6.04 Å². The second-order valence-corrected chi connectivity index (χ2v) is 8.47. The maximum absolute atomic E-state index is 13.5. The second kappa shape index (κ2) is 8.16. The Balaban J connectivity index is 1.79. The van der Waals surface area contributed by atoms with Crippen LogP contribution in [0.3, 0.4) is 0 Å². The van der Waals surface area contributed by atoms with Crippen LogP contribution in [0.4, 0.5) is 11.6 Å². The number of hydrogen-bond donors (Lipinski definition) is 2. The summed E-state index contributed by atoms with van der Waals surface area (Å²) in [5, 5.41) is 12.1. The molecule has 1 amide bonds. The number of halogens is 1. The van der Waals surface area contributed by atoms with Crippen molar-refractivity contribution in [2.24, 2.45) is 0 Å². The van der Waals surface area contributed by atoms with Crippen molar-refractivity contribution < 1.29 is 4.79 Å². The number of amides is 1. The second-order valence-electron chi connectivity index (χ2n) is 7.26. The quantitative estimate of drug-likeness (QED) is 0.547. The number of nitrogens with one attached hydrogen (secondary N) is 2. The molecule has 2 N–H and O–H groups in total. The lowest BCUT2D eigenvalue weighted by Gasteiger charge is -2.29. The minimum atomic E-state index is -0.445. The average molecular weight is 440 g/mol. The van der Waals surface area contributed by atoms with E-state index in [0.717, 1.165) is 28.1 Å². The molecular weight excluding hydrogens is 418 g/mol. The standard InChI is InChI=1S/C22H22ClN5OS/c1-12-8-9-17(13(2)10-12)25-20(29)18-14(3)24-21-26-22(30-4)27-28(21)19(18)15-6-5-7-16(23)11-15/h5-11,19H,1-4H3,(H,25,29)(H,24,26,27)/t19-/m1/s1. The lowest BCUT2D eigenvalue weighted by atomic mass is 9.95. The van der Waals surface area contributed by atoms with Crippen molar-refractivity contribution in [1.82, 2.24) is 14.8 Å². The Kier molecular flexibility index (Phi) is 5.58. The van der Waals surface area contributed by atoms with Crippen molar-refractivity contribution in [3.63, 3.8) is 0 Å². The predicted molar refractivity (Wildman–Crippen MR) is 122 cm³/mol. The van der Waals surface area contributed by atoms with Gasteiger partial charge in [-0.05, 0) is 56.4 Å². The summed E-state index contributed by atoms with van der Waals surface area (Å²) in [7, 11) is 0. The zero-order valence-electron chi connectivity index (χ0n) is 17.2. The fraction of sp³-hybridized carbons (Fsp3) is 0.227. The molecule has 0 aliphatic carbocycles. The van der Waals surface area contributed by atoms with Gasteiger partial charge in [-0.1, -0.05) is 53.2 Å². The highest BCUT2D eigenvalue weighted by Crippen LogP contribution is 2.37. The lowest BCUT2D eigenvalue weighted by molar-refractivity contribution is -0.113. The zero-order chi connectivity index (χ0) is 21.4. The number of rotatable bonds is 4. The Morgan fingerprint density at radius 3 is 2.70 bits per heavy atom. The summed E-state index contributed by atoms with van der Waals surface area (Å²) >= 11 is 7.72. The first kappa shape index (κ1) is 20.5. The number of carbonyl (C=O) groups excluding carboxylic acids is 1. The fourth-order valence-corrected chi connectivity index (χ4v) is 4.19. The van der Waals surface area contributed by atoms with E-state index in [1.54, 1.807) is 4.68 Å². The summed E-state index contributed by atoms with van der Waals surface area (Å²) < 4.78 is 1.75. The van der Waals surface area contributed by atoms with Crippen LogP contribution in [0, 0.1) is 13.8 Å². The van der Waals surface area contributed by atoms with Gasteiger partial charge in [0, 0.05) is 16.4 Å². The molecule has 1 atom stereocenters. The molecule has 8 heteroatoms. The normalized spacial score (nSPS) is 15.6. The highest BCUT2D eigenvalue weighted by atomic mass is 35.5. The number of hydrogen-bond acceptors (Lipinski definition) is 5.